The van der Waals surface area contributed by atoms with Crippen LogP contribution in [-0.2, 0) is 4.74 Å². The second-order valence-electron chi connectivity index (χ2n) is 7.64. The first-order chi connectivity index (χ1) is 13.9. The van der Waals surface area contributed by atoms with Crippen molar-refractivity contribution in [1.29, 1.82) is 0 Å². The Morgan fingerprint density at radius 3 is 2.79 bits per heavy atom. The van der Waals surface area contributed by atoms with Gasteiger partial charge < -0.3 is 14.5 Å². The molecule has 4 rings (SSSR count). The molecular weight excluding hydrogens is 374 g/mol. The number of hydrogen-bond donors (Lipinski definition) is 0. The fourth-order valence-corrected chi connectivity index (χ4v) is 3.63. The molecule has 0 unspecified atom stereocenters. The molecule has 29 heavy (non-hydrogen) atoms. The Kier molecular flexibility index (Phi) is 5.39. The molecule has 0 N–H and O–H groups in total. The molecule has 0 radical (unpaired) electrons. The Labute approximate surface area is 169 Å². The summed E-state index contributed by atoms with van der Waals surface area (Å²) in [6.07, 6.45) is 2.35. The van der Waals surface area contributed by atoms with Gasteiger partial charge in [-0.05, 0) is 31.5 Å². The van der Waals surface area contributed by atoms with Crippen LogP contribution >= 0.6 is 0 Å². The molecule has 154 valence electrons. The lowest BCUT2D eigenvalue weighted by molar-refractivity contribution is 0.0140. The number of fused-ring (bicyclic) bond motifs is 1. The summed E-state index contributed by atoms with van der Waals surface area (Å²) in [4.78, 5) is 12.9. The molecule has 0 amide bonds. The molecule has 2 fully saturated rings. The number of allylic oxidation sites excluding steroid dienone is 1. The van der Waals surface area contributed by atoms with E-state index in [-0.39, 0.29) is 19.1 Å². The van der Waals surface area contributed by atoms with Crippen LogP contribution in [0.2, 0.25) is 0 Å². The van der Waals surface area contributed by atoms with Gasteiger partial charge >= 0.3 is 0 Å². The zero-order valence-electron chi connectivity index (χ0n) is 16.8. The predicted octanol–water partition coefficient (Wildman–Crippen LogP) is 4.45. The van der Waals surface area contributed by atoms with Gasteiger partial charge in [-0.25, -0.2) is 18.8 Å². The van der Waals surface area contributed by atoms with Crippen LogP contribution in [0.5, 0.6) is 0 Å². The van der Waals surface area contributed by atoms with E-state index in [0.717, 1.165) is 23.1 Å². The van der Waals surface area contributed by atoms with Gasteiger partial charge in [0.1, 0.15) is 11.9 Å². The minimum Gasteiger partial charge on any atom is -0.469 e. The second kappa shape index (κ2) is 7.97. The van der Waals surface area contributed by atoms with Gasteiger partial charge in [0.05, 0.1) is 30.8 Å². The number of rotatable bonds is 6. The van der Waals surface area contributed by atoms with Crippen molar-refractivity contribution in [3.8, 4) is 0 Å². The number of alkyl halides is 2. The van der Waals surface area contributed by atoms with Crippen molar-refractivity contribution < 1.29 is 13.5 Å². The Balaban J connectivity index is 1.43. The molecule has 0 aliphatic carbocycles. The molecule has 1 aromatic carbocycles. The van der Waals surface area contributed by atoms with Gasteiger partial charge in [0, 0.05) is 24.6 Å². The zero-order valence-corrected chi connectivity index (χ0v) is 16.8. The summed E-state index contributed by atoms with van der Waals surface area (Å²) in [6, 6.07) is 12.1. The van der Waals surface area contributed by atoms with Crippen molar-refractivity contribution in [2.75, 3.05) is 31.1 Å². The van der Waals surface area contributed by atoms with Gasteiger partial charge in [-0.1, -0.05) is 25.1 Å². The molecule has 2 aromatic rings. The summed E-state index contributed by atoms with van der Waals surface area (Å²) < 4.78 is 33.3. The molecule has 2 saturated heterocycles. The second-order valence-corrected chi connectivity index (χ2v) is 7.64. The molecule has 0 saturated carbocycles. The molecule has 2 aliphatic rings. The molecule has 3 heterocycles. The standard InChI is InChI=1S/C22H26F2N4O/c1-3-11-25-21(16(2)27-12-10-22(23,24)15-27)29-18-13-28(14-18)20-9-8-17-6-4-5-7-19(17)26-20/h4-9,11,18H,3,10,12-15H2,1-2H3/b21-16-,25-11-. The quantitative estimate of drug-likeness (QED) is 0.531. The molecule has 0 atom stereocenters. The normalized spacial score (nSPS) is 20.3. The van der Waals surface area contributed by atoms with Crippen LogP contribution in [-0.4, -0.2) is 54.3 Å². The average Bonchev–Trinajstić information content (AvgIpc) is 3.05. The van der Waals surface area contributed by atoms with Crippen molar-refractivity contribution in [3.05, 3.63) is 48.0 Å². The summed E-state index contributed by atoms with van der Waals surface area (Å²) in [6.45, 7) is 5.23. The lowest BCUT2D eigenvalue weighted by Crippen LogP contribution is -2.52. The van der Waals surface area contributed by atoms with E-state index >= 15 is 0 Å². The van der Waals surface area contributed by atoms with Crippen LogP contribution in [0.1, 0.15) is 26.7 Å². The number of pyridine rings is 1. The summed E-state index contributed by atoms with van der Waals surface area (Å²) in [5.74, 6) is -1.28. The molecular formula is C22H26F2N4O. The first kappa shape index (κ1) is 19.6. The Morgan fingerprint density at radius 1 is 1.28 bits per heavy atom. The number of para-hydroxylation sites is 1. The monoisotopic (exact) mass is 400 g/mol. The average molecular weight is 400 g/mol. The SMILES string of the molecule is CC/C=N\C(OC1CN(c2ccc3ccccc3n2)C1)=C(/C)N1CCC(F)(F)C1. The van der Waals surface area contributed by atoms with E-state index in [0.29, 0.717) is 31.2 Å². The minimum atomic E-state index is -2.64. The van der Waals surface area contributed by atoms with Crippen LogP contribution in [0, 0.1) is 0 Å². The molecule has 1 aromatic heterocycles. The minimum absolute atomic E-state index is 0.0367. The zero-order chi connectivity index (χ0) is 20.4. The lowest BCUT2D eigenvalue weighted by atomic mass is 10.1. The van der Waals surface area contributed by atoms with Gasteiger partial charge in [0.2, 0.25) is 5.88 Å². The van der Waals surface area contributed by atoms with Gasteiger partial charge in [-0.2, -0.15) is 0 Å². The Morgan fingerprint density at radius 2 is 2.07 bits per heavy atom. The van der Waals surface area contributed by atoms with Gasteiger partial charge in [0.15, 0.2) is 0 Å². The third-order valence-corrected chi connectivity index (χ3v) is 5.38. The smallest absolute Gasteiger partial charge is 0.266 e. The maximum absolute atomic E-state index is 13.6. The molecule has 2 aliphatic heterocycles. The van der Waals surface area contributed by atoms with E-state index in [1.54, 1.807) is 11.1 Å². The van der Waals surface area contributed by atoms with E-state index < -0.39 is 5.92 Å². The maximum atomic E-state index is 13.6. The molecule has 0 bridgehead atoms. The number of benzene rings is 1. The van der Waals surface area contributed by atoms with Gasteiger partial charge in [0.25, 0.3) is 5.92 Å². The number of halogens is 2. The van der Waals surface area contributed by atoms with Crippen molar-refractivity contribution in [2.24, 2.45) is 4.99 Å². The van der Waals surface area contributed by atoms with Crippen molar-refractivity contribution in [1.82, 2.24) is 9.88 Å². The van der Waals surface area contributed by atoms with Gasteiger partial charge in [-0.15, -0.1) is 0 Å². The highest BCUT2D eigenvalue weighted by Gasteiger charge is 2.39. The topological polar surface area (TPSA) is 41.0 Å². The highest BCUT2D eigenvalue weighted by Crippen LogP contribution is 2.31. The van der Waals surface area contributed by atoms with E-state index in [9.17, 15) is 8.78 Å². The number of hydrogen-bond acceptors (Lipinski definition) is 5. The third kappa shape index (κ3) is 4.33. The summed E-state index contributed by atoms with van der Waals surface area (Å²) >= 11 is 0. The predicted molar refractivity (Wildman–Crippen MR) is 111 cm³/mol. The number of ether oxygens (including phenoxy) is 1. The third-order valence-electron chi connectivity index (χ3n) is 5.38. The highest BCUT2D eigenvalue weighted by molar-refractivity contribution is 5.80. The summed E-state index contributed by atoms with van der Waals surface area (Å²) in [5.41, 5.74) is 1.64. The maximum Gasteiger partial charge on any atom is 0.266 e. The molecule has 5 nitrogen and oxygen atoms in total. The fraction of sp³-hybridized carbons (Fsp3) is 0.455. The van der Waals surface area contributed by atoms with E-state index in [4.69, 9.17) is 9.72 Å². The summed E-state index contributed by atoms with van der Waals surface area (Å²) in [7, 11) is 0. The van der Waals surface area contributed by atoms with Crippen LogP contribution in [0.3, 0.4) is 0 Å². The Bertz CT molecular complexity index is 937. The van der Waals surface area contributed by atoms with Crippen LogP contribution in [0.25, 0.3) is 10.9 Å². The lowest BCUT2D eigenvalue weighted by Gasteiger charge is -2.40. The number of anilines is 1. The number of nitrogens with zero attached hydrogens (tertiary/aromatic N) is 4. The first-order valence-corrected chi connectivity index (χ1v) is 10.1. The Hall–Kier alpha value is -2.70. The van der Waals surface area contributed by atoms with Crippen LogP contribution in [0.15, 0.2) is 53.0 Å². The number of aliphatic imine (C=N–C) groups is 1. The molecule has 0 spiro atoms. The van der Waals surface area contributed by atoms with Crippen molar-refractivity contribution in [2.45, 2.75) is 38.7 Å². The van der Waals surface area contributed by atoms with Crippen molar-refractivity contribution >= 4 is 22.9 Å². The van der Waals surface area contributed by atoms with Gasteiger partial charge in [-0.3, -0.25) is 0 Å². The number of aromatic nitrogens is 1. The van der Waals surface area contributed by atoms with E-state index in [1.807, 2.05) is 44.2 Å². The number of likely N-dealkylation sites (tertiary alicyclic amines) is 1. The first-order valence-electron chi connectivity index (χ1n) is 10.1. The fourth-order valence-electron chi connectivity index (χ4n) is 3.63. The van der Waals surface area contributed by atoms with Crippen LogP contribution in [0.4, 0.5) is 14.6 Å². The molecule has 7 heteroatoms. The largest absolute Gasteiger partial charge is 0.469 e. The van der Waals surface area contributed by atoms with E-state index in [2.05, 4.69) is 16.0 Å². The highest BCUT2D eigenvalue weighted by atomic mass is 19.3. The van der Waals surface area contributed by atoms with E-state index in [1.165, 1.54) is 0 Å². The van der Waals surface area contributed by atoms with Crippen molar-refractivity contribution in [3.63, 3.8) is 0 Å². The summed E-state index contributed by atoms with van der Waals surface area (Å²) in [5, 5.41) is 1.11. The van der Waals surface area contributed by atoms with Crippen LogP contribution < -0.4 is 4.90 Å².